The molecule has 0 saturated heterocycles. The van der Waals surface area contributed by atoms with Crippen molar-refractivity contribution in [2.75, 3.05) is 23.7 Å². The van der Waals surface area contributed by atoms with E-state index in [1.54, 1.807) is 11.8 Å². The largest absolute Gasteiger partial charge is 0.368 e. The molecule has 3 rings (SSSR count). The van der Waals surface area contributed by atoms with Gasteiger partial charge in [-0.1, -0.05) is 42.0 Å². The van der Waals surface area contributed by atoms with Crippen LogP contribution in [-0.4, -0.2) is 28.3 Å². The lowest BCUT2D eigenvalue weighted by molar-refractivity contribution is 0.678. The number of rotatable bonds is 8. The fourth-order valence-corrected chi connectivity index (χ4v) is 2.91. The van der Waals surface area contributed by atoms with Crippen LogP contribution in [0.5, 0.6) is 0 Å². The van der Waals surface area contributed by atoms with E-state index in [-0.39, 0.29) is 0 Å². The Hall–Kier alpha value is -2.43. The fourth-order valence-electron chi connectivity index (χ4n) is 2.91. The molecular weight excluding hydrogens is 298 g/mol. The van der Waals surface area contributed by atoms with Gasteiger partial charge in [0.2, 0.25) is 5.95 Å². The van der Waals surface area contributed by atoms with Gasteiger partial charge in [0.25, 0.3) is 0 Å². The fraction of sp³-hybridized carbons (Fsp3) is 0.421. The zero-order chi connectivity index (χ0) is 16.5. The van der Waals surface area contributed by atoms with Crippen molar-refractivity contribution in [3.8, 4) is 0 Å². The molecule has 1 aliphatic carbocycles. The SMILES string of the molecule is C1=C(CCNc2nncc(NCCc3ccccc3)n2)CCCC1. The molecule has 2 aromatic rings. The molecule has 1 aliphatic rings. The van der Waals surface area contributed by atoms with Crippen molar-refractivity contribution in [3.63, 3.8) is 0 Å². The number of aromatic nitrogens is 3. The van der Waals surface area contributed by atoms with Crippen molar-refractivity contribution in [2.24, 2.45) is 0 Å². The van der Waals surface area contributed by atoms with Crippen LogP contribution in [0.15, 0.2) is 48.2 Å². The maximum Gasteiger partial charge on any atom is 0.244 e. The van der Waals surface area contributed by atoms with Gasteiger partial charge in [0, 0.05) is 13.1 Å². The second-order valence-electron chi connectivity index (χ2n) is 6.11. The second kappa shape index (κ2) is 9.01. The number of allylic oxidation sites excluding steroid dienone is 1. The number of nitrogens with one attached hydrogen (secondary N) is 2. The zero-order valence-corrected chi connectivity index (χ0v) is 14.0. The summed E-state index contributed by atoms with van der Waals surface area (Å²) in [5.74, 6) is 1.36. The Morgan fingerprint density at radius 1 is 0.958 bits per heavy atom. The van der Waals surface area contributed by atoms with Gasteiger partial charge in [0.15, 0.2) is 5.82 Å². The first kappa shape index (κ1) is 16.4. The molecule has 5 heteroatoms. The lowest BCUT2D eigenvalue weighted by Gasteiger charge is -2.13. The van der Waals surface area contributed by atoms with E-state index < -0.39 is 0 Å². The van der Waals surface area contributed by atoms with Gasteiger partial charge >= 0.3 is 0 Å². The van der Waals surface area contributed by atoms with Crippen molar-refractivity contribution in [1.82, 2.24) is 15.2 Å². The molecule has 126 valence electrons. The number of hydrogen-bond donors (Lipinski definition) is 2. The van der Waals surface area contributed by atoms with Gasteiger partial charge < -0.3 is 10.6 Å². The van der Waals surface area contributed by atoms with Crippen LogP contribution in [0.1, 0.15) is 37.7 Å². The molecule has 0 unspecified atom stereocenters. The third-order valence-electron chi connectivity index (χ3n) is 4.24. The second-order valence-corrected chi connectivity index (χ2v) is 6.11. The molecule has 0 bridgehead atoms. The monoisotopic (exact) mass is 323 g/mol. The van der Waals surface area contributed by atoms with E-state index in [1.165, 1.54) is 31.2 Å². The molecule has 0 atom stereocenters. The normalized spacial score (nSPS) is 14.1. The van der Waals surface area contributed by atoms with E-state index >= 15 is 0 Å². The van der Waals surface area contributed by atoms with Crippen LogP contribution in [0.3, 0.4) is 0 Å². The van der Waals surface area contributed by atoms with Crippen LogP contribution in [0.2, 0.25) is 0 Å². The van der Waals surface area contributed by atoms with E-state index in [2.05, 4.69) is 56.2 Å². The summed E-state index contributed by atoms with van der Waals surface area (Å²) in [6, 6.07) is 10.4. The summed E-state index contributed by atoms with van der Waals surface area (Å²) >= 11 is 0. The first-order chi connectivity index (χ1) is 11.9. The van der Waals surface area contributed by atoms with Gasteiger partial charge in [0.05, 0.1) is 6.20 Å². The summed E-state index contributed by atoms with van der Waals surface area (Å²) in [5, 5.41) is 14.7. The molecular formula is C19H25N5. The van der Waals surface area contributed by atoms with Gasteiger partial charge in [0.1, 0.15) is 0 Å². The minimum atomic E-state index is 0.594. The Labute approximate surface area is 143 Å². The minimum Gasteiger partial charge on any atom is -0.368 e. The first-order valence-electron chi connectivity index (χ1n) is 8.79. The highest BCUT2D eigenvalue weighted by Crippen LogP contribution is 2.19. The quantitative estimate of drug-likeness (QED) is 0.723. The highest BCUT2D eigenvalue weighted by molar-refractivity contribution is 5.37. The number of anilines is 2. The Kier molecular flexibility index (Phi) is 6.17. The molecule has 0 spiro atoms. The smallest absolute Gasteiger partial charge is 0.244 e. The van der Waals surface area contributed by atoms with Crippen LogP contribution in [-0.2, 0) is 6.42 Å². The van der Waals surface area contributed by atoms with Crippen LogP contribution in [0.4, 0.5) is 11.8 Å². The number of nitrogens with zero attached hydrogens (tertiary/aromatic N) is 3. The maximum atomic E-state index is 4.47. The van der Waals surface area contributed by atoms with Gasteiger partial charge in [-0.2, -0.15) is 10.1 Å². The van der Waals surface area contributed by atoms with Crippen molar-refractivity contribution in [2.45, 2.75) is 38.5 Å². The van der Waals surface area contributed by atoms with Crippen molar-refractivity contribution >= 4 is 11.8 Å². The molecule has 1 aromatic carbocycles. The molecule has 24 heavy (non-hydrogen) atoms. The van der Waals surface area contributed by atoms with Crippen LogP contribution in [0.25, 0.3) is 0 Å². The molecule has 0 saturated carbocycles. The van der Waals surface area contributed by atoms with Crippen molar-refractivity contribution in [1.29, 1.82) is 0 Å². The molecule has 2 N–H and O–H groups in total. The summed E-state index contributed by atoms with van der Waals surface area (Å²) in [7, 11) is 0. The lowest BCUT2D eigenvalue weighted by atomic mass is 9.97. The average molecular weight is 323 g/mol. The van der Waals surface area contributed by atoms with Gasteiger partial charge in [-0.15, -0.1) is 5.10 Å². The summed E-state index contributed by atoms with van der Waals surface area (Å²) in [5.41, 5.74) is 2.87. The van der Waals surface area contributed by atoms with Crippen LogP contribution in [0, 0.1) is 0 Å². The summed E-state index contributed by atoms with van der Waals surface area (Å²) in [6.45, 7) is 1.69. The zero-order valence-electron chi connectivity index (χ0n) is 14.0. The van der Waals surface area contributed by atoms with Gasteiger partial charge in [-0.3, -0.25) is 0 Å². The topological polar surface area (TPSA) is 62.7 Å². The molecule has 0 radical (unpaired) electrons. The molecule has 0 aliphatic heterocycles. The van der Waals surface area contributed by atoms with E-state index in [0.29, 0.717) is 5.95 Å². The Morgan fingerprint density at radius 2 is 1.83 bits per heavy atom. The summed E-state index contributed by atoms with van der Waals surface area (Å²) in [6.07, 6.45) is 11.2. The van der Waals surface area contributed by atoms with Crippen LogP contribution < -0.4 is 10.6 Å². The number of benzene rings is 1. The molecule has 1 heterocycles. The summed E-state index contributed by atoms with van der Waals surface area (Å²) in [4.78, 5) is 4.47. The minimum absolute atomic E-state index is 0.594. The molecule has 5 nitrogen and oxygen atoms in total. The third-order valence-corrected chi connectivity index (χ3v) is 4.24. The highest BCUT2D eigenvalue weighted by atomic mass is 15.3. The van der Waals surface area contributed by atoms with E-state index in [0.717, 1.165) is 31.7 Å². The lowest BCUT2D eigenvalue weighted by Crippen LogP contribution is -2.11. The molecule has 1 aromatic heterocycles. The predicted octanol–water partition coefficient (Wildman–Crippen LogP) is 3.83. The van der Waals surface area contributed by atoms with E-state index in [1.807, 2.05) is 6.07 Å². The van der Waals surface area contributed by atoms with Crippen LogP contribution >= 0.6 is 0 Å². The first-order valence-corrected chi connectivity index (χ1v) is 8.79. The van der Waals surface area contributed by atoms with Crippen molar-refractivity contribution < 1.29 is 0 Å². The predicted molar refractivity (Wildman–Crippen MR) is 98.1 cm³/mol. The average Bonchev–Trinajstić information content (AvgIpc) is 2.64. The van der Waals surface area contributed by atoms with E-state index in [9.17, 15) is 0 Å². The summed E-state index contributed by atoms with van der Waals surface area (Å²) < 4.78 is 0. The van der Waals surface area contributed by atoms with E-state index in [4.69, 9.17) is 0 Å². The molecule has 0 amide bonds. The standard InChI is InChI=1S/C19H25N5/c1-3-7-16(8-4-1)11-13-20-18-15-22-24-19(23-18)21-14-12-17-9-5-2-6-10-17/h1,3-4,7-9,15H,2,5-6,10-14H2,(H2,20,21,23,24). The third kappa shape index (κ3) is 5.33. The number of hydrogen-bond acceptors (Lipinski definition) is 5. The Bertz CT molecular complexity index is 654. The van der Waals surface area contributed by atoms with Crippen molar-refractivity contribution in [3.05, 3.63) is 53.7 Å². The highest BCUT2D eigenvalue weighted by Gasteiger charge is 2.04. The van der Waals surface area contributed by atoms with Gasteiger partial charge in [-0.25, -0.2) is 0 Å². The maximum absolute atomic E-state index is 4.47. The Morgan fingerprint density at radius 3 is 2.67 bits per heavy atom. The Balaban J connectivity index is 1.42. The van der Waals surface area contributed by atoms with Gasteiger partial charge in [-0.05, 0) is 44.1 Å². The molecule has 0 fully saturated rings.